The second-order valence-electron chi connectivity index (χ2n) is 6.17. The summed E-state index contributed by atoms with van der Waals surface area (Å²) < 4.78 is 0. The molecule has 2 aliphatic heterocycles. The fraction of sp³-hybridized carbons (Fsp3) is 0.562. The molecule has 2 fully saturated rings. The van der Waals surface area contributed by atoms with Crippen LogP contribution in [0.25, 0.3) is 0 Å². The molecule has 19 heavy (non-hydrogen) atoms. The fourth-order valence-electron chi connectivity index (χ4n) is 3.21. The van der Waals surface area contributed by atoms with E-state index in [1.54, 1.807) is 0 Å². The highest BCUT2D eigenvalue weighted by molar-refractivity contribution is 5.94. The van der Waals surface area contributed by atoms with Gasteiger partial charge in [0.05, 0.1) is 0 Å². The maximum Gasteiger partial charge on any atom is 0.253 e. The van der Waals surface area contributed by atoms with Crippen molar-refractivity contribution in [3.05, 3.63) is 35.4 Å². The van der Waals surface area contributed by atoms with Gasteiger partial charge in [0.25, 0.3) is 5.91 Å². The van der Waals surface area contributed by atoms with Crippen molar-refractivity contribution in [1.29, 1.82) is 0 Å². The van der Waals surface area contributed by atoms with Gasteiger partial charge in [0.15, 0.2) is 0 Å². The first-order valence-electron chi connectivity index (χ1n) is 7.25. The summed E-state index contributed by atoms with van der Waals surface area (Å²) in [5, 5.41) is 3.41. The Hall–Kier alpha value is -1.35. The minimum absolute atomic E-state index is 0.199. The molecule has 1 aromatic carbocycles. The van der Waals surface area contributed by atoms with Crippen molar-refractivity contribution >= 4 is 5.91 Å². The van der Waals surface area contributed by atoms with Crippen LogP contribution in [0.3, 0.4) is 0 Å². The molecule has 3 nitrogen and oxygen atoms in total. The molecule has 2 saturated heterocycles. The Bertz CT molecular complexity index is 454. The number of nitrogens with zero attached hydrogens (tertiary/aromatic N) is 1. The van der Waals surface area contributed by atoms with Gasteiger partial charge in [0.1, 0.15) is 0 Å². The van der Waals surface area contributed by atoms with Crippen LogP contribution in [0, 0.1) is 11.8 Å². The highest BCUT2D eigenvalue weighted by Gasteiger charge is 2.38. The van der Waals surface area contributed by atoms with E-state index in [2.05, 4.69) is 31.3 Å². The minimum atomic E-state index is 0.199. The summed E-state index contributed by atoms with van der Waals surface area (Å²) in [6.07, 6.45) is 0. The van der Waals surface area contributed by atoms with Crippen molar-refractivity contribution in [3.8, 4) is 0 Å². The maximum absolute atomic E-state index is 12.5. The number of hydrogen-bond donors (Lipinski definition) is 1. The molecule has 0 bridgehead atoms. The van der Waals surface area contributed by atoms with Crippen LogP contribution in [-0.4, -0.2) is 37.0 Å². The van der Waals surface area contributed by atoms with Crippen LogP contribution in [0.5, 0.6) is 0 Å². The number of rotatable bonds is 2. The van der Waals surface area contributed by atoms with Gasteiger partial charge >= 0.3 is 0 Å². The first-order valence-corrected chi connectivity index (χ1v) is 7.25. The molecule has 0 aromatic heterocycles. The molecule has 102 valence electrons. The molecular weight excluding hydrogens is 236 g/mol. The van der Waals surface area contributed by atoms with E-state index in [4.69, 9.17) is 0 Å². The Morgan fingerprint density at radius 2 is 1.74 bits per heavy atom. The molecule has 3 rings (SSSR count). The van der Waals surface area contributed by atoms with Crippen molar-refractivity contribution in [3.63, 3.8) is 0 Å². The predicted octanol–water partition coefficient (Wildman–Crippen LogP) is 2.10. The van der Waals surface area contributed by atoms with Gasteiger partial charge in [0, 0.05) is 31.7 Å². The molecule has 1 aromatic rings. The summed E-state index contributed by atoms with van der Waals surface area (Å²) in [5.74, 6) is 2.05. The van der Waals surface area contributed by atoms with Gasteiger partial charge in [-0.2, -0.15) is 0 Å². The smallest absolute Gasteiger partial charge is 0.253 e. The third kappa shape index (κ3) is 2.39. The van der Waals surface area contributed by atoms with Crippen molar-refractivity contribution in [2.75, 3.05) is 26.2 Å². The Kier molecular flexibility index (Phi) is 3.31. The summed E-state index contributed by atoms with van der Waals surface area (Å²) in [6, 6.07) is 8.11. The summed E-state index contributed by atoms with van der Waals surface area (Å²) in [4.78, 5) is 14.5. The number of carbonyl (C=O) groups is 1. The number of hydrogen-bond acceptors (Lipinski definition) is 2. The highest BCUT2D eigenvalue weighted by Crippen LogP contribution is 2.27. The Balaban J connectivity index is 1.70. The number of carbonyl (C=O) groups excluding carboxylic acids is 1. The number of nitrogens with one attached hydrogen (secondary N) is 1. The standard InChI is InChI=1S/C16H22N2O/c1-11(2)12-3-5-13(6-4-12)16(19)18-9-14-7-17-8-15(14)10-18/h3-6,11,14-15,17H,7-10H2,1-2H3. The summed E-state index contributed by atoms with van der Waals surface area (Å²) >= 11 is 0. The van der Waals surface area contributed by atoms with Gasteiger partial charge in [-0.15, -0.1) is 0 Å². The van der Waals surface area contributed by atoms with Crippen LogP contribution in [-0.2, 0) is 0 Å². The fourth-order valence-corrected chi connectivity index (χ4v) is 3.21. The molecule has 2 aliphatic rings. The summed E-state index contributed by atoms with van der Waals surface area (Å²) in [6.45, 7) is 8.32. The van der Waals surface area contributed by atoms with E-state index in [0.29, 0.717) is 17.8 Å². The summed E-state index contributed by atoms with van der Waals surface area (Å²) in [5.41, 5.74) is 2.12. The van der Waals surface area contributed by atoms with E-state index in [1.807, 2.05) is 17.0 Å². The number of fused-ring (bicyclic) bond motifs is 1. The van der Waals surface area contributed by atoms with Gasteiger partial charge < -0.3 is 10.2 Å². The molecule has 3 heteroatoms. The second-order valence-corrected chi connectivity index (χ2v) is 6.17. The zero-order valence-electron chi connectivity index (χ0n) is 11.7. The molecule has 0 spiro atoms. The van der Waals surface area contributed by atoms with Crippen molar-refractivity contribution in [1.82, 2.24) is 10.2 Å². The third-order valence-corrected chi connectivity index (χ3v) is 4.50. The lowest BCUT2D eigenvalue weighted by Gasteiger charge is -2.18. The lowest BCUT2D eigenvalue weighted by atomic mass is 10.0. The van der Waals surface area contributed by atoms with E-state index in [9.17, 15) is 4.79 Å². The summed E-state index contributed by atoms with van der Waals surface area (Å²) in [7, 11) is 0. The Morgan fingerprint density at radius 3 is 2.26 bits per heavy atom. The van der Waals surface area contributed by atoms with E-state index in [0.717, 1.165) is 31.7 Å². The lowest BCUT2D eigenvalue weighted by Crippen LogP contribution is -2.31. The average Bonchev–Trinajstić information content (AvgIpc) is 2.98. The number of likely N-dealkylation sites (tertiary alicyclic amines) is 1. The Labute approximate surface area is 115 Å². The molecule has 1 N–H and O–H groups in total. The number of benzene rings is 1. The van der Waals surface area contributed by atoms with Crippen molar-refractivity contribution in [2.24, 2.45) is 11.8 Å². The van der Waals surface area contributed by atoms with Gasteiger partial charge in [-0.05, 0) is 35.4 Å². The Morgan fingerprint density at radius 1 is 1.16 bits per heavy atom. The first kappa shape index (κ1) is 12.7. The minimum Gasteiger partial charge on any atom is -0.338 e. The van der Waals surface area contributed by atoms with Gasteiger partial charge in [-0.25, -0.2) is 0 Å². The highest BCUT2D eigenvalue weighted by atomic mass is 16.2. The zero-order valence-corrected chi connectivity index (χ0v) is 11.7. The molecule has 0 radical (unpaired) electrons. The first-order chi connectivity index (χ1) is 9.15. The lowest BCUT2D eigenvalue weighted by molar-refractivity contribution is 0.0781. The van der Waals surface area contributed by atoms with Crippen LogP contribution >= 0.6 is 0 Å². The normalized spacial score (nSPS) is 25.9. The topological polar surface area (TPSA) is 32.3 Å². The van der Waals surface area contributed by atoms with E-state index in [-0.39, 0.29) is 5.91 Å². The van der Waals surface area contributed by atoms with Crippen LogP contribution < -0.4 is 5.32 Å². The van der Waals surface area contributed by atoms with Gasteiger partial charge in [-0.1, -0.05) is 26.0 Å². The zero-order chi connectivity index (χ0) is 13.4. The average molecular weight is 258 g/mol. The molecule has 0 aliphatic carbocycles. The monoisotopic (exact) mass is 258 g/mol. The van der Waals surface area contributed by atoms with Crippen molar-refractivity contribution < 1.29 is 4.79 Å². The maximum atomic E-state index is 12.5. The molecule has 1 amide bonds. The molecule has 2 heterocycles. The van der Waals surface area contributed by atoms with Crippen LogP contribution in [0.15, 0.2) is 24.3 Å². The van der Waals surface area contributed by atoms with Crippen molar-refractivity contribution in [2.45, 2.75) is 19.8 Å². The van der Waals surface area contributed by atoms with Crippen LogP contribution in [0.1, 0.15) is 35.7 Å². The largest absolute Gasteiger partial charge is 0.338 e. The SMILES string of the molecule is CC(C)c1ccc(C(=O)N2CC3CNCC3C2)cc1. The molecule has 2 atom stereocenters. The predicted molar refractivity (Wildman–Crippen MR) is 76.3 cm³/mol. The van der Waals surface area contributed by atoms with E-state index >= 15 is 0 Å². The second kappa shape index (κ2) is 4.97. The van der Waals surface area contributed by atoms with Crippen LogP contribution in [0.4, 0.5) is 0 Å². The quantitative estimate of drug-likeness (QED) is 0.881. The van der Waals surface area contributed by atoms with E-state index in [1.165, 1.54) is 5.56 Å². The van der Waals surface area contributed by atoms with Crippen LogP contribution in [0.2, 0.25) is 0 Å². The molecular formula is C16H22N2O. The third-order valence-electron chi connectivity index (χ3n) is 4.50. The van der Waals surface area contributed by atoms with E-state index < -0.39 is 0 Å². The molecule has 0 saturated carbocycles. The molecule has 2 unspecified atom stereocenters. The van der Waals surface area contributed by atoms with Gasteiger partial charge in [-0.3, -0.25) is 4.79 Å². The van der Waals surface area contributed by atoms with Gasteiger partial charge in [0.2, 0.25) is 0 Å². The number of amides is 1.